The van der Waals surface area contributed by atoms with Gasteiger partial charge in [-0.15, -0.1) is 0 Å². The molecule has 0 aliphatic heterocycles. The third kappa shape index (κ3) is 8.34. The van der Waals surface area contributed by atoms with Gasteiger partial charge in [-0.1, -0.05) is 42.0 Å². The molecule has 2 N–H and O–H groups in total. The minimum atomic E-state index is 1.25. The van der Waals surface area contributed by atoms with E-state index in [-0.39, 0.29) is 0 Å². The van der Waals surface area contributed by atoms with Crippen LogP contribution in [0, 0.1) is 6.92 Å². The van der Waals surface area contributed by atoms with Crippen LogP contribution in [0.3, 0.4) is 0 Å². The summed E-state index contributed by atoms with van der Waals surface area (Å²) < 4.78 is 0. The normalized spacial score (nSPS) is 10.0. The molecule has 1 aromatic rings. The van der Waals surface area contributed by atoms with Crippen LogP contribution in [0.15, 0.2) is 47.6 Å². The third-order valence-electron chi connectivity index (χ3n) is 1.26. The predicted molar refractivity (Wildman–Crippen MR) is 58.7 cm³/mol. The molecule has 0 radical (unpaired) electrons. The Bertz CT molecular complexity index is 240. The minimum Gasteiger partial charge on any atom is -0.390 e. The molecule has 0 saturated heterocycles. The van der Waals surface area contributed by atoms with Crippen LogP contribution in [-0.2, 0) is 0 Å². The van der Waals surface area contributed by atoms with Crippen molar-refractivity contribution in [3.8, 4) is 0 Å². The van der Waals surface area contributed by atoms with Crippen LogP contribution in [0.4, 0.5) is 0 Å². The molecule has 0 atom stereocenters. The zero-order chi connectivity index (χ0) is 9.94. The highest BCUT2D eigenvalue weighted by atomic mass is 14.8. The summed E-state index contributed by atoms with van der Waals surface area (Å²) in [5.74, 6) is 0. The van der Waals surface area contributed by atoms with Crippen molar-refractivity contribution in [2.45, 2.75) is 13.8 Å². The summed E-state index contributed by atoms with van der Waals surface area (Å²) in [5.41, 5.74) is 6.19. The van der Waals surface area contributed by atoms with Crippen LogP contribution in [0.1, 0.15) is 12.5 Å². The average molecular weight is 176 g/mol. The van der Waals surface area contributed by atoms with Gasteiger partial charge in [0, 0.05) is 6.20 Å². The lowest BCUT2D eigenvalue weighted by molar-refractivity contribution is 1.48. The molecule has 1 aromatic carbocycles. The van der Waals surface area contributed by atoms with Gasteiger partial charge in [0.05, 0.1) is 6.34 Å². The number of aryl methyl sites for hydroxylation is 1. The second-order valence-electron chi connectivity index (χ2n) is 2.44. The summed E-state index contributed by atoms with van der Waals surface area (Å²) in [6, 6.07) is 10.3. The molecule has 70 valence electrons. The maximum atomic E-state index is 4.87. The number of nitrogens with zero attached hydrogens (tertiary/aromatic N) is 1. The Morgan fingerprint density at radius 2 is 1.85 bits per heavy atom. The smallest absolute Gasteiger partial charge is 0.0852 e. The van der Waals surface area contributed by atoms with Gasteiger partial charge < -0.3 is 5.73 Å². The molecule has 0 bridgehead atoms. The molecule has 0 heterocycles. The summed E-state index contributed by atoms with van der Waals surface area (Å²) in [5, 5.41) is 0. The molecular weight excluding hydrogens is 160 g/mol. The molecule has 0 fully saturated rings. The first-order valence-electron chi connectivity index (χ1n) is 4.17. The van der Waals surface area contributed by atoms with E-state index < -0.39 is 0 Å². The molecule has 0 aliphatic rings. The number of rotatable bonds is 1. The fourth-order valence-corrected chi connectivity index (χ4v) is 0.670. The zero-order valence-electron chi connectivity index (χ0n) is 8.14. The second kappa shape index (κ2) is 8.53. The van der Waals surface area contributed by atoms with Crippen molar-refractivity contribution < 1.29 is 0 Å². The highest BCUT2D eigenvalue weighted by Gasteiger charge is 1.72. The van der Waals surface area contributed by atoms with E-state index in [1.807, 2.05) is 31.2 Å². The number of hydrogen-bond acceptors (Lipinski definition) is 1. The first-order valence-corrected chi connectivity index (χ1v) is 4.17. The van der Waals surface area contributed by atoms with Crippen molar-refractivity contribution in [2.24, 2.45) is 10.7 Å². The number of hydrogen-bond donors (Lipinski definition) is 1. The fourth-order valence-electron chi connectivity index (χ4n) is 0.670. The van der Waals surface area contributed by atoms with Gasteiger partial charge in [0.15, 0.2) is 0 Å². The lowest BCUT2D eigenvalue weighted by Gasteiger charge is -1.82. The van der Waals surface area contributed by atoms with Crippen LogP contribution in [0.5, 0.6) is 0 Å². The van der Waals surface area contributed by atoms with Crippen molar-refractivity contribution in [3.63, 3.8) is 0 Å². The first-order chi connectivity index (χ1) is 6.31. The highest BCUT2D eigenvalue weighted by molar-refractivity contribution is 5.52. The van der Waals surface area contributed by atoms with E-state index in [1.165, 1.54) is 11.9 Å². The third-order valence-corrected chi connectivity index (χ3v) is 1.26. The van der Waals surface area contributed by atoms with E-state index in [0.29, 0.717) is 0 Å². The van der Waals surface area contributed by atoms with E-state index in [1.54, 1.807) is 6.20 Å². The van der Waals surface area contributed by atoms with Gasteiger partial charge in [-0.25, -0.2) is 4.99 Å². The van der Waals surface area contributed by atoms with Crippen LogP contribution < -0.4 is 5.73 Å². The lowest BCUT2D eigenvalue weighted by atomic mass is 10.2. The molecule has 13 heavy (non-hydrogen) atoms. The summed E-state index contributed by atoms with van der Waals surface area (Å²) in [7, 11) is 0. The zero-order valence-corrected chi connectivity index (χ0v) is 8.14. The van der Waals surface area contributed by atoms with Gasteiger partial charge >= 0.3 is 0 Å². The minimum absolute atomic E-state index is 1.25. The van der Waals surface area contributed by atoms with Crippen molar-refractivity contribution >= 4 is 6.34 Å². The summed E-state index contributed by atoms with van der Waals surface area (Å²) in [6.45, 7) is 3.97. The molecule has 0 saturated carbocycles. The molecule has 0 spiro atoms. The molecule has 2 nitrogen and oxygen atoms in total. The average Bonchev–Trinajstić information content (AvgIpc) is 2.17. The van der Waals surface area contributed by atoms with Crippen molar-refractivity contribution in [3.05, 3.63) is 48.2 Å². The fraction of sp³-hybridized carbons (Fsp3) is 0.182. The van der Waals surface area contributed by atoms with E-state index in [0.717, 1.165) is 0 Å². The number of benzene rings is 1. The molecular formula is C11H16N2. The maximum absolute atomic E-state index is 4.87. The largest absolute Gasteiger partial charge is 0.390 e. The molecule has 0 unspecified atom stereocenters. The van der Waals surface area contributed by atoms with Gasteiger partial charge in [-0.2, -0.15) is 0 Å². The standard InChI is InChI=1S/C7H8.C4H8N2/c1-7-5-3-2-4-6-7;1-2-3-6-4-5/h2-6H,1H3;2-4H,1H3,(H2,5,6)/b;3-2-. The maximum Gasteiger partial charge on any atom is 0.0852 e. The predicted octanol–water partition coefficient (Wildman–Crippen LogP) is 2.50. The van der Waals surface area contributed by atoms with E-state index >= 15 is 0 Å². The van der Waals surface area contributed by atoms with Crippen LogP contribution in [0.2, 0.25) is 0 Å². The Hall–Kier alpha value is -1.57. The number of allylic oxidation sites excluding steroid dienone is 1. The topological polar surface area (TPSA) is 38.4 Å². The van der Waals surface area contributed by atoms with Gasteiger partial charge in [-0.3, -0.25) is 0 Å². The Kier molecular flexibility index (Phi) is 7.50. The second-order valence-corrected chi connectivity index (χ2v) is 2.44. The molecule has 0 aliphatic carbocycles. The lowest BCUT2D eigenvalue weighted by Crippen LogP contribution is -1.84. The summed E-state index contributed by atoms with van der Waals surface area (Å²) in [4.78, 5) is 3.56. The van der Waals surface area contributed by atoms with Crippen LogP contribution >= 0.6 is 0 Å². The Morgan fingerprint density at radius 3 is 2.08 bits per heavy atom. The summed E-state index contributed by atoms with van der Waals surface area (Å²) in [6.07, 6.45) is 4.68. The molecule has 0 aromatic heterocycles. The van der Waals surface area contributed by atoms with Gasteiger partial charge in [0.2, 0.25) is 0 Å². The van der Waals surface area contributed by atoms with Crippen molar-refractivity contribution in [1.29, 1.82) is 0 Å². The van der Waals surface area contributed by atoms with E-state index in [4.69, 9.17) is 5.73 Å². The highest BCUT2D eigenvalue weighted by Crippen LogP contribution is 1.92. The first kappa shape index (κ1) is 11.4. The van der Waals surface area contributed by atoms with Crippen molar-refractivity contribution in [2.75, 3.05) is 0 Å². The van der Waals surface area contributed by atoms with Gasteiger partial charge in [0.1, 0.15) is 0 Å². The van der Waals surface area contributed by atoms with Gasteiger partial charge in [0.25, 0.3) is 0 Å². The van der Waals surface area contributed by atoms with E-state index in [9.17, 15) is 0 Å². The monoisotopic (exact) mass is 176 g/mol. The van der Waals surface area contributed by atoms with Crippen molar-refractivity contribution in [1.82, 2.24) is 0 Å². The molecule has 0 amide bonds. The van der Waals surface area contributed by atoms with Gasteiger partial charge in [-0.05, 0) is 13.8 Å². The number of nitrogens with two attached hydrogens (primary N) is 1. The van der Waals surface area contributed by atoms with E-state index in [2.05, 4.69) is 24.0 Å². The quantitative estimate of drug-likeness (QED) is 0.518. The Balaban J connectivity index is 0.000000226. The Morgan fingerprint density at radius 1 is 1.23 bits per heavy atom. The van der Waals surface area contributed by atoms with Crippen LogP contribution in [0.25, 0.3) is 0 Å². The SMILES string of the molecule is C/C=C\N=CN.Cc1ccccc1. The molecule has 1 rings (SSSR count). The summed E-state index contributed by atoms with van der Waals surface area (Å²) >= 11 is 0. The number of aliphatic imine (C=N–C) groups is 1. The Labute approximate surface area is 79.8 Å². The molecule has 2 heteroatoms. The van der Waals surface area contributed by atoms with Crippen LogP contribution in [-0.4, -0.2) is 6.34 Å².